The van der Waals surface area contributed by atoms with Crippen LogP contribution in [0.3, 0.4) is 0 Å². The van der Waals surface area contributed by atoms with E-state index in [1.54, 1.807) is 0 Å². The third-order valence-electron chi connectivity index (χ3n) is 4.84. The van der Waals surface area contributed by atoms with Crippen LogP contribution >= 0.6 is 12.4 Å². The van der Waals surface area contributed by atoms with Crippen molar-refractivity contribution in [3.8, 4) is 0 Å². The van der Waals surface area contributed by atoms with Gasteiger partial charge in [0.2, 0.25) is 5.91 Å². The summed E-state index contributed by atoms with van der Waals surface area (Å²) in [5, 5.41) is 3.38. The van der Waals surface area contributed by atoms with Crippen molar-refractivity contribution in [2.45, 2.75) is 58.3 Å². The molecule has 1 heterocycles. The first kappa shape index (κ1) is 17.8. The minimum atomic E-state index is 0. The highest BCUT2D eigenvalue weighted by Gasteiger charge is 2.26. The summed E-state index contributed by atoms with van der Waals surface area (Å²) in [5.41, 5.74) is 0. The van der Waals surface area contributed by atoms with E-state index in [-0.39, 0.29) is 18.3 Å². The zero-order chi connectivity index (χ0) is 13.5. The maximum absolute atomic E-state index is 12.7. The van der Waals surface area contributed by atoms with Crippen molar-refractivity contribution in [3.05, 3.63) is 0 Å². The van der Waals surface area contributed by atoms with Crippen molar-refractivity contribution in [2.24, 2.45) is 11.8 Å². The molecule has 1 saturated carbocycles. The number of nitrogens with zero attached hydrogens (tertiary/aromatic N) is 1. The van der Waals surface area contributed by atoms with Crippen LogP contribution < -0.4 is 5.32 Å². The molecule has 20 heavy (non-hydrogen) atoms. The van der Waals surface area contributed by atoms with Crippen molar-refractivity contribution in [3.63, 3.8) is 0 Å². The summed E-state index contributed by atoms with van der Waals surface area (Å²) in [6, 6.07) is 0. The molecule has 1 atom stereocenters. The molecule has 0 radical (unpaired) electrons. The van der Waals surface area contributed by atoms with Gasteiger partial charge in [0, 0.05) is 25.6 Å². The van der Waals surface area contributed by atoms with Crippen LogP contribution in [0.1, 0.15) is 58.3 Å². The first-order valence-electron chi connectivity index (χ1n) is 8.30. The molecule has 1 aliphatic carbocycles. The quantitative estimate of drug-likeness (QED) is 0.865. The molecule has 118 valence electrons. The molecule has 0 bridgehead atoms. The molecule has 1 unspecified atom stereocenters. The summed E-state index contributed by atoms with van der Waals surface area (Å²) < 4.78 is 0. The van der Waals surface area contributed by atoms with Gasteiger partial charge in [0.25, 0.3) is 0 Å². The first-order valence-corrected chi connectivity index (χ1v) is 8.30. The highest BCUT2D eigenvalue weighted by Crippen LogP contribution is 2.30. The molecule has 1 saturated heterocycles. The van der Waals surface area contributed by atoms with Gasteiger partial charge in [-0.3, -0.25) is 4.79 Å². The van der Waals surface area contributed by atoms with Gasteiger partial charge in [-0.15, -0.1) is 12.4 Å². The van der Waals surface area contributed by atoms with Crippen LogP contribution in [0.5, 0.6) is 0 Å². The van der Waals surface area contributed by atoms with E-state index >= 15 is 0 Å². The third-order valence-corrected chi connectivity index (χ3v) is 4.84. The molecule has 1 amide bonds. The Morgan fingerprint density at radius 3 is 2.60 bits per heavy atom. The molecule has 0 aromatic carbocycles. The fraction of sp³-hybridized carbons (Fsp3) is 0.938. The second-order valence-corrected chi connectivity index (χ2v) is 6.27. The predicted octanol–water partition coefficient (Wildman–Crippen LogP) is 3.23. The van der Waals surface area contributed by atoms with Crippen LogP contribution in [-0.4, -0.2) is 37.0 Å². The zero-order valence-electron chi connectivity index (χ0n) is 12.9. The Morgan fingerprint density at radius 2 is 1.90 bits per heavy atom. The predicted molar refractivity (Wildman–Crippen MR) is 86.3 cm³/mol. The van der Waals surface area contributed by atoms with E-state index in [0.29, 0.717) is 5.91 Å². The van der Waals surface area contributed by atoms with Gasteiger partial charge in [-0.05, 0) is 31.7 Å². The number of carbonyl (C=O) groups excluding carboxylic acids is 1. The number of nitrogens with one attached hydrogen (secondary N) is 1. The third kappa shape index (κ3) is 5.25. The molecule has 2 rings (SSSR count). The van der Waals surface area contributed by atoms with Crippen LogP contribution in [0.4, 0.5) is 0 Å². The van der Waals surface area contributed by atoms with Crippen molar-refractivity contribution < 1.29 is 4.79 Å². The minimum absolute atomic E-state index is 0. The highest BCUT2D eigenvalue weighted by atomic mass is 35.5. The Hall–Kier alpha value is -0.280. The van der Waals surface area contributed by atoms with Gasteiger partial charge in [0.05, 0.1) is 0 Å². The SMILES string of the molecule is CCC(CC1CCCCC1)C(=O)N1CCCNCC1.Cl. The van der Waals surface area contributed by atoms with Gasteiger partial charge in [0.15, 0.2) is 0 Å². The number of halogens is 1. The molecule has 0 aromatic rings. The first-order chi connectivity index (χ1) is 9.31. The second-order valence-electron chi connectivity index (χ2n) is 6.27. The Balaban J connectivity index is 0.00000200. The Kier molecular flexibility index (Phi) is 8.55. The smallest absolute Gasteiger partial charge is 0.225 e. The van der Waals surface area contributed by atoms with E-state index < -0.39 is 0 Å². The molecule has 1 N–H and O–H groups in total. The summed E-state index contributed by atoms with van der Waals surface area (Å²) in [7, 11) is 0. The fourth-order valence-electron chi connectivity index (χ4n) is 3.59. The van der Waals surface area contributed by atoms with Crippen LogP contribution in [-0.2, 0) is 4.79 Å². The Morgan fingerprint density at radius 1 is 1.15 bits per heavy atom. The standard InChI is InChI=1S/C16H30N2O.ClH/c1-2-15(13-14-7-4-3-5-8-14)16(19)18-11-6-9-17-10-12-18;/h14-15,17H,2-13H2,1H3;1H. The van der Waals surface area contributed by atoms with E-state index in [1.165, 1.54) is 32.1 Å². The lowest BCUT2D eigenvalue weighted by Gasteiger charge is -2.29. The zero-order valence-corrected chi connectivity index (χ0v) is 13.7. The number of amides is 1. The average Bonchev–Trinajstić information content (AvgIpc) is 2.74. The maximum atomic E-state index is 12.7. The van der Waals surface area contributed by atoms with Crippen LogP contribution in [0, 0.1) is 11.8 Å². The number of hydrogen-bond acceptors (Lipinski definition) is 2. The van der Waals surface area contributed by atoms with Gasteiger partial charge in [-0.25, -0.2) is 0 Å². The fourth-order valence-corrected chi connectivity index (χ4v) is 3.59. The van der Waals surface area contributed by atoms with Crippen molar-refractivity contribution in [2.75, 3.05) is 26.2 Å². The highest BCUT2D eigenvalue weighted by molar-refractivity contribution is 5.85. The van der Waals surface area contributed by atoms with Gasteiger partial charge >= 0.3 is 0 Å². The van der Waals surface area contributed by atoms with E-state index in [0.717, 1.165) is 51.4 Å². The van der Waals surface area contributed by atoms with Gasteiger partial charge in [0.1, 0.15) is 0 Å². The molecule has 0 spiro atoms. The summed E-state index contributed by atoms with van der Waals surface area (Å²) >= 11 is 0. The number of rotatable bonds is 4. The van der Waals surface area contributed by atoms with E-state index in [4.69, 9.17) is 0 Å². The lowest BCUT2D eigenvalue weighted by molar-refractivity contribution is -0.136. The monoisotopic (exact) mass is 302 g/mol. The van der Waals surface area contributed by atoms with E-state index in [9.17, 15) is 4.79 Å². The summed E-state index contributed by atoms with van der Waals surface area (Å²) in [6.45, 7) is 6.06. The average molecular weight is 303 g/mol. The summed E-state index contributed by atoms with van der Waals surface area (Å²) in [4.78, 5) is 14.8. The normalized spacial score (nSPS) is 22.8. The summed E-state index contributed by atoms with van der Waals surface area (Å²) in [5.74, 6) is 1.52. The van der Waals surface area contributed by atoms with E-state index in [2.05, 4.69) is 17.1 Å². The van der Waals surface area contributed by atoms with Crippen molar-refractivity contribution >= 4 is 18.3 Å². The van der Waals surface area contributed by atoms with Gasteiger partial charge < -0.3 is 10.2 Å². The second kappa shape index (κ2) is 9.62. The van der Waals surface area contributed by atoms with Crippen molar-refractivity contribution in [1.82, 2.24) is 10.2 Å². The van der Waals surface area contributed by atoms with Crippen LogP contribution in [0.25, 0.3) is 0 Å². The minimum Gasteiger partial charge on any atom is -0.341 e. The molecule has 1 aliphatic heterocycles. The Bertz CT molecular complexity index is 272. The van der Waals surface area contributed by atoms with E-state index in [1.807, 2.05) is 0 Å². The molecular formula is C16H31ClN2O. The molecule has 3 nitrogen and oxygen atoms in total. The maximum Gasteiger partial charge on any atom is 0.225 e. The molecule has 2 aliphatic rings. The van der Waals surface area contributed by atoms with Crippen molar-refractivity contribution in [1.29, 1.82) is 0 Å². The largest absolute Gasteiger partial charge is 0.341 e. The summed E-state index contributed by atoms with van der Waals surface area (Å²) in [6.07, 6.45) is 10.1. The van der Waals surface area contributed by atoms with Gasteiger partial charge in [-0.2, -0.15) is 0 Å². The van der Waals surface area contributed by atoms with Gasteiger partial charge in [-0.1, -0.05) is 39.0 Å². The number of hydrogen-bond donors (Lipinski definition) is 1. The Labute approximate surface area is 130 Å². The lowest BCUT2D eigenvalue weighted by Crippen LogP contribution is -2.39. The topological polar surface area (TPSA) is 32.3 Å². The van der Waals surface area contributed by atoms with Crippen LogP contribution in [0.15, 0.2) is 0 Å². The lowest BCUT2D eigenvalue weighted by atomic mass is 9.81. The molecule has 4 heteroatoms. The number of carbonyl (C=O) groups is 1. The van der Waals surface area contributed by atoms with Crippen LogP contribution in [0.2, 0.25) is 0 Å². The molecule has 2 fully saturated rings. The molecular weight excluding hydrogens is 272 g/mol. The molecule has 0 aromatic heterocycles.